The van der Waals surface area contributed by atoms with E-state index in [0.717, 1.165) is 0 Å². The van der Waals surface area contributed by atoms with Gasteiger partial charge in [-0.15, -0.1) is 0 Å². The standard InChI is InChI=1S/H8N6.HO2S/c1-3-5-6-4-2;1-3-2/h3-6H,1-2H2;3H/q;-1. The van der Waals surface area contributed by atoms with Crippen LogP contribution in [0.25, 0.3) is 0 Å². The van der Waals surface area contributed by atoms with Crippen molar-refractivity contribution in [1.29, 1.82) is 0 Å². The maximum absolute atomic E-state index is 8.35. The highest BCUT2D eigenvalue weighted by atomic mass is 32.1. The number of thiol groups is 1. The fourth-order valence-electron chi connectivity index (χ4n) is 0.0722. The van der Waals surface area contributed by atoms with E-state index in [2.05, 4.69) is 22.1 Å². The summed E-state index contributed by atoms with van der Waals surface area (Å²) in [5.41, 5.74) is 8.61. The van der Waals surface area contributed by atoms with Crippen molar-refractivity contribution in [2.45, 2.75) is 0 Å². The Hall–Kier alpha value is -0.290. The molecule has 0 aromatic rings. The summed E-state index contributed by atoms with van der Waals surface area (Å²) in [5.74, 6) is 9.39. The van der Waals surface area contributed by atoms with Crippen molar-refractivity contribution in [2.75, 3.05) is 0 Å². The molecule has 0 aromatic heterocycles. The Morgan fingerprint density at radius 2 is 1.22 bits per heavy atom. The first-order valence-corrected chi connectivity index (χ1v) is 2.42. The summed E-state index contributed by atoms with van der Waals surface area (Å²) in [6.45, 7) is 0. The smallest absolute Gasteiger partial charge is 0.0885 e. The molecular weight excluding hydrogens is 148 g/mol. The zero-order chi connectivity index (χ0) is 7.54. The SMILES string of the molecule is NNNNNN.O=[SH-]=O. The third-order valence-electron chi connectivity index (χ3n) is 0.207. The molecule has 0 aromatic carbocycles. The summed E-state index contributed by atoms with van der Waals surface area (Å²) in [6, 6.07) is 0. The summed E-state index contributed by atoms with van der Waals surface area (Å²) >= 11 is -1.08. The van der Waals surface area contributed by atoms with Crippen LogP contribution in [0, 0.1) is 0 Å². The lowest BCUT2D eigenvalue weighted by molar-refractivity contribution is 0.381. The third kappa shape index (κ3) is 34.2. The van der Waals surface area contributed by atoms with E-state index in [0.29, 0.717) is 0 Å². The summed E-state index contributed by atoms with van der Waals surface area (Å²) in [5, 5.41) is 0. The topological polar surface area (TPSA) is 134 Å². The third-order valence-corrected chi connectivity index (χ3v) is 0.207. The van der Waals surface area contributed by atoms with Crippen LogP contribution in [-0.4, -0.2) is 0 Å². The Morgan fingerprint density at radius 3 is 1.33 bits per heavy atom. The Balaban J connectivity index is 0. The number of hydrazine groups is 5. The predicted molar refractivity (Wildman–Crippen MR) is 31.1 cm³/mol. The quantitative estimate of drug-likeness (QED) is 0.0811. The van der Waals surface area contributed by atoms with Crippen LogP contribution in [0.4, 0.5) is 0 Å². The molecule has 0 amide bonds. The normalized spacial score (nSPS) is 7.78. The highest BCUT2D eigenvalue weighted by Crippen LogP contribution is 1.07. The lowest BCUT2D eigenvalue weighted by Gasteiger charge is -1.98. The van der Waals surface area contributed by atoms with Crippen LogP contribution in [0.5, 0.6) is 0 Å². The van der Waals surface area contributed by atoms with Gasteiger partial charge in [0.15, 0.2) is 0 Å². The van der Waals surface area contributed by atoms with Gasteiger partial charge in [0.1, 0.15) is 0 Å². The minimum Gasteiger partial charge on any atom is -0.427 e. The van der Waals surface area contributed by atoms with Gasteiger partial charge in [-0.3, -0.25) is 11.7 Å². The van der Waals surface area contributed by atoms with Gasteiger partial charge in [-0.1, -0.05) is 11.6 Å². The van der Waals surface area contributed by atoms with Crippen LogP contribution in [0.15, 0.2) is 0 Å². The van der Waals surface area contributed by atoms with Crippen LogP contribution in [0.3, 0.4) is 0 Å². The van der Waals surface area contributed by atoms with Crippen molar-refractivity contribution < 1.29 is 8.42 Å². The highest BCUT2D eigenvalue weighted by molar-refractivity contribution is 7.51. The monoisotopic (exact) mass is 157 g/mol. The largest absolute Gasteiger partial charge is 0.427 e. The molecule has 0 heterocycles. The summed E-state index contributed by atoms with van der Waals surface area (Å²) in [4.78, 5) is 0. The maximum Gasteiger partial charge on any atom is -0.0885 e. The molecule has 0 aliphatic carbocycles. The molecule has 0 spiro atoms. The lowest BCUT2D eigenvalue weighted by Crippen LogP contribution is -2.55. The first kappa shape index (κ1) is 11.5. The average molecular weight is 157 g/mol. The van der Waals surface area contributed by atoms with Crippen molar-refractivity contribution in [3.05, 3.63) is 0 Å². The molecule has 9 heteroatoms. The van der Waals surface area contributed by atoms with E-state index in [1.54, 1.807) is 0 Å². The van der Waals surface area contributed by atoms with Gasteiger partial charge in [-0.05, 0) is 0 Å². The second-order valence-corrected chi connectivity index (χ2v) is 0.762. The molecule has 8 nitrogen and oxygen atoms in total. The minimum atomic E-state index is -1.08. The molecule has 58 valence electrons. The molecule has 8 N–H and O–H groups in total. The number of hydrogen-bond donors (Lipinski definition) is 6. The molecule has 0 aliphatic heterocycles. The molecule has 0 fully saturated rings. The molecule has 0 rings (SSSR count). The zero-order valence-corrected chi connectivity index (χ0v) is 5.31. The fourth-order valence-corrected chi connectivity index (χ4v) is 0.0722. The number of nitrogens with one attached hydrogen (secondary N) is 4. The van der Waals surface area contributed by atoms with Crippen molar-refractivity contribution in [2.24, 2.45) is 11.7 Å². The Bertz CT molecular complexity index is 63.5. The lowest BCUT2D eigenvalue weighted by atomic mass is 12.2. The number of rotatable bonds is 3. The van der Waals surface area contributed by atoms with Crippen molar-refractivity contribution in [1.82, 2.24) is 22.1 Å². The maximum atomic E-state index is 8.35. The van der Waals surface area contributed by atoms with E-state index < -0.39 is 11.6 Å². The van der Waals surface area contributed by atoms with E-state index in [1.165, 1.54) is 0 Å². The Kier molecular flexibility index (Phi) is 20.0. The van der Waals surface area contributed by atoms with Gasteiger partial charge in [0.2, 0.25) is 0 Å². The van der Waals surface area contributed by atoms with Gasteiger partial charge in [0.25, 0.3) is 0 Å². The Labute approximate surface area is 54.8 Å². The number of hydrogen-bond acceptors (Lipinski definition) is 9. The second kappa shape index (κ2) is 15.6. The van der Waals surface area contributed by atoms with Gasteiger partial charge < -0.3 is 8.42 Å². The molecule has 0 unspecified atom stereocenters. The van der Waals surface area contributed by atoms with Gasteiger partial charge in [-0.2, -0.15) is 22.1 Å². The zero-order valence-electron chi connectivity index (χ0n) is 4.42. The summed E-state index contributed by atoms with van der Waals surface area (Å²) < 4.78 is 16.7. The molecule has 0 saturated heterocycles. The Morgan fingerprint density at radius 1 is 1.00 bits per heavy atom. The molecule has 0 bridgehead atoms. The first-order valence-electron chi connectivity index (χ1n) is 1.69. The van der Waals surface area contributed by atoms with Crippen LogP contribution >= 0.6 is 0 Å². The molecule has 0 saturated carbocycles. The summed E-state index contributed by atoms with van der Waals surface area (Å²) in [7, 11) is 0. The second-order valence-electron chi connectivity index (χ2n) is 0.613. The van der Waals surface area contributed by atoms with E-state index >= 15 is 0 Å². The molecule has 0 atom stereocenters. The van der Waals surface area contributed by atoms with Crippen LogP contribution in [0.1, 0.15) is 0 Å². The van der Waals surface area contributed by atoms with Gasteiger partial charge in [0.05, 0.1) is 0 Å². The number of nitrogens with two attached hydrogens (primary N) is 2. The van der Waals surface area contributed by atoms with Gasteiger partial charge >= 0.3 is 0 Å². The van der Waals surface area contributed by atoms with E-state index in [9.17, 15) is 0 Å². The van der Waals surface area contributed by atoms with Gasteiger partial charge in [0, 0.05) is 0 Å². The fraction of sp³-hybridized carbons (Fsp3) is 0. The van der Waals surface area contributed by atoms with Crippen LogP contribution in [0.2, 0.25) is 0 Å². The van der Waals surface area contributed by atoms with Crippen molar-refractivity contribution >= 4 is 11.6 Å². The van der Waals surface area contributed by atoms with E-state index in [-0.39, 0.29) is 0 Å². The van der Waals surface area contributed by atoms with E-state index in [4.69, 9.17) is 20.1 Å². The average Bonchev–Trinajstić information content (AvgIpc) is 1.86. The molecule has 9 heavy (non-hydrogen) atoms. The molecule has 0 aliphatic rings. The van der Waals surface area contributed by atoms with Crippen molar-refractivity contribution in [3.8, 4) is 0 Å². The van der Waals surface area contributed by atoms with Gasteiger partial charge in [-0.25, -0.2) is 0 Å². The predicted octanol–water partition coefficient (Wildman–Crippen LogP) is -3.67. The molecule has 0 radical (unpaired) electrons. The van der Waals surface area contributed by atoms with Crippen molar-refractivity contribution in [3.63, 3.8) is 0 Å². The van der Waals surface area contributed by atoms with Crippen LogP contribution < -0.4 is 33.8 Å². The first-order chi connectivity index (χ1) is 4.33. The van der Waals surface area contributed by atoms with E-state index in [1.807, 2.05) is 0 Å². The molecular formula is H9N6O2S-. The minimum absolute atomic E-state index is 1.08. The highest BCUT2D eigenvalue weighted by Gasteiger charge is 1.62. The summed E-state index contributed by atoms with van der Waals surface area (Å²) in [6.07, 6.45) is 0. The van der Waals surface area contributed by atoms with Crippen LogP contribution in [-0.2, 0) is 20.0 Å².